The fraction of sp³-hybridized carbons (Fsp3) is 0.172. The second kappa shape index (κ2) is 10.2. The van der Waals surface area contributed by atoms with E-state index in [1.807, 2.05) is 24.3 Å². The zero-order chi connectivity index (χ0) is 24.5. The highest BCUT2D eigenvalue weighted by Gasteiger charge is 2.32. The minimum absolute atomic E-state index is 0.193. The Morgan fingerprint density at radius 2 is 1.56 bits per heavy atom. The van der Waals surface area contributed by atoms with Gasteiger partial charge in [0.2, 0.25) is 0 Å². The number of nitrogens with zero attached hydrogens (tertiary/aromatic N) is 3. The lowest BCUT2D eigenvalue weighted by Crippen LogP contribution is -3.15. The molecule has 1 aliphatic rings. The van der Waals surface area contributed by atoms with Crippen molar-refractivity contribution in [1.82, 2.24) is 9.97 Å². The van der Waals surface area contributed by atoms with E-state index in [4.69, 9.17) is 28.2 Å². The summed E-state index contributed by atoms with van der Waals surface area (Å²) < 4.78 is 0. The third-order valence-corrected chi connectivity index (χ3v) is 8.45. The Kier molecular flexibility index (Phi) is 6.63. The molecule has 1 atom stereocenters. The van der Waals surface area contributed by atoms with Crippen LogP contribution in [0.25, 0.3) is 21.3 Å². The van der Waals surface area contributed by atoms with E-state index in [9.17, 15) is 0 Å². The number of rotatable bonds is 5. The Balaban J connectivity index is 1.31. The first-order chi connectivity index (χ1) is 17.7. The number of halogens is 2. The van der Waals surface area contributed by atoms with Crippen LogP contribution in [0.4, 0.5) is 5.82 Å². The van der Waals surface area contributed by atoms with Gasteiger partial charge in [0.15, 0.2) is 0 Å². The van der Waals surface area contributed by atoms with E-state index in [0.717, 1.165) is 63.4 Å². The quantitative estimate of drug-likeness (QED) is 0.295. The highest BCUT2D eigenvalue weighted by molar-refractivity contribution is 7.17. The maximum Gasteiger partial charge on any atom is 0.141 e. The lowest BCUT2D eigenvalue weighted by Gasteiger charge is -2.38. The zero-order valence-electron chi connectivity index (χ0n) is 19.6. The topological polar surface area (TPSA) is 33.5 Å². The molecule has 3 aromatic carbocycles. The fourth-order valence-electron chi connectivity index (χ4n) is 5.23. The Labute approximate surface area is 224 Å². The van der Waals surface area contributed by atoms with E-state index in [-0.39, 0.29) is 6.04 Å². The van der Waals surface area contributed by atoms with Crippen molar-refractivity contribution in [3.63, 3.8) is 0 Å². The average Bonchev–Trinajstić information content (AvgIpc) is 3.36. The average molecular weight is 533 g/mol. The maximum atomic E-state index is 6.70. The Bertz CT molecular complexity index is 1480. The summed E-state index contributed by atoms with van der Waals surface area (Å²) in [6.07, 6.45) is 1.69. The number of nitrogens with one attached hydrogen (secondary N) is 1. The summed E-state index contributed by atoms with van der Waals surface area (Å²) in [4.78, 5) is 14.3. The molecule has 0 radical (unpaired) electrons. The lowest BCUT2D eigenvalue weighted by atomic mass is 9.96. The molecule has 1 saturated heterocycles. The molecule has 1 fully saturated rings. The zero-order valence-corrected chi connectivity index (χ0v) is 21.9. The molecular weight excluding hydrogens is 507 g/mol. The molecule has 0 spiro atoms. The van der Waals surface area contributed by atoms with Gasteiger partial charge in [-0.25, -0.2) is 9.97 Å². The van der Waals surface area contributed by atoms with Crippen molar-refractivity contribution in [1.29, 1.82) is 0 Å². The van der Waals surface area contributed by atoms with Crippen molar-refractivity contribution in [3.05, 3.63) is 112 Å². The first-order valence-electron chi connectivity index (χ1n) is 12.1. The first-order valence-corrected chi connectivity index (χ1v) is 13.7. The molecular formula is C29H25Cl2N4S+. The summed E-state index contributed by atoms with van der Waals surface area (Å²) in [5.74, 6) is 1.01. The highest BCUT2D eigenvalue weighted by atomic mass is 35.5. The van der Waals surface area contributed by atoms with Gasteiger partial charge >= 0.3 is 0 Å². The van der Waals surface area contributed by atoms with Crippen molar-refractivity contribution >= 4 is 50.6 Å². The molecule has 1 N–H and O–H groups in total. The molecule has 5 aromatic rings. The minimum atomic E-state index is 0.193. The van der Waals surface area contributed by atoms with Crippen molar-refractivity contribution in [2.45, 2.75) is 6.04 Å². The van der Waals surface area contributed by atoms with Crippen LogP contribution in [0.15, 0.2) is 90.6 Å². The predicted octanol–water partition coefficient (Wildman–Crippen LogP) is 6.16. The Morgan fingerprint density at radius 3 is 2.31 bits per heavy atom. The number of quaternary nitrogens is 1. The normalized spacial score (nSPS) is 15.3. The van der Waals surface area contributed by atoms with E-state index in [1.54, 1.807) is 17.7 Å². The second-order valence-electron chi connectivity index (χ2n) is 9.04. The third-order valence-electron chi connectivity index (χ3n) is 6.97. The molecule has 36 heavy (non-hydrogen) atoms. The molecule has 1 aliphatic heterocycles. The maximum absolute atomic E-state index is 6.70. The van der Waals surface area contributed by atoms with Gasteiger partial charge in [-0.3, -0.25) is 0 Å². The van der Waals surface area contributed by atoms with Crippen LogP contribution < -0.4 is 9.80 Å². The molecule has 180 valence electrons. The number of piperazine rings is 1. The number of aromatic nitrogens is 2. The largest absolute Gasteiger partial charge is 0.345 e. The summed E-state index contributed by atoms with van der Waals surface area (Å²) in [6, 6.07) is 27.2. The third kappa shape index (κ3) is 4.48. The molecule has 0 unspecified atom stereocenters. The van der Waals surface area contributed by atoms with Crippen LogP contribution in [0.1, 0.15) is 17.2 Å². The minimum Gasteiger partial charge on any atom is -0.345 e. The Hall–Kier alpha value is -2.96. The number of hydrogen-bond acceptors (Lipinski definition) is 4. The van der Waals surface area contributed by atoms with Crippen LogP contribution in [0.5, 0.6) is 0 Å². The van der Waals surface area contributed by atoms with Crippen LogP contribution in [-0.2, 0) is 0 Å². The molecule has 2 aromatic heterocycles. The SMILES string of the molecule is Clc1ccc(-c2csc3ncnc(N4CC[NH+]([C@@H](c5ccccc5)c5ccccc5Cl)CC4)c23)cc1. The summed E-state index contributed by atoms with van der Waals surface area (Å²) >= 11 is 14.5. The van der Waals surface area contributed by atoms with Crippen LogP contribution in [0.2, 0.25) is 10.0 Å². The van der Waals surface area contributed by atoms with E-state index in [0.29, 0.717) is 0 Å². The van der Waals surface area contributed by atoms with Gasteiger partial charge in [0, 0.05) is 27.1 Å². The van der Waals surface area contributed by atoms with Gasteiger partial charge in [-0.05, 0) is 23.8 Å². The van der Waals surface area contributed by atoms with Crippen LogP contribution in [0, 0.1) is 0 Å². The number of anilines is 1. The van der Waals surface area contributed by atoms with Crippen molar-refractivity contribution in [3.8, 4) is 11.1 Å². The predicted molar refractivity (Wildman–Crippen MR) is 151 cm³/mol. The van der Waals surface area contributed by atoms with Gasteiger partial charge in [-0.1, -0.05) is 83.9 Å². The fourth-order valence-corrected chi connectivity index (χ4v) is 6.51. The van der Waals surface area contributed by atoms with E-state index >= 15 is 0 Å². The molecule has 3 heterocycles. The van der Waals surface area contributed by atoms with Crippen LogP contribution >= 0.6 is 34.5 Å². The summed E-state index contributed by atoms with van der Waals surface area (Å²) in [6.45, 7) is 3.78. The number of benzene rings is 3. The van der Waals surface area contributed by atoms with E-state index < -0.39 is 0 Å². The van der Waals surface area contributed by atoms with Gasteiger partial charge in [-0.2, -0.15) is 0 Å². The van der Waals surface area contributed by atoms with Gasteiger partial charge in [0.25, 0.3) is 0 Å². The van der Waals surface area contributed by atoms with Gasteiger partial charge in [0.05, 0.1) is 36.6 Å². The number of fused-ring (bicyclic) bond motifs is 1. The molecule has 6 rings (SSSR count). The highest BCUT2D eigenvalue weighted by Crippen LogP contribution is 2.38. The van der Waals surface area contributed by atoms with Crippen molar-refractivity contribution < 1.29 is 4.90 Å². The second-order valence-corrected chi connectivity index (χ2v) is 10.7. The van der Waals surface area contributed by atoms with E-state index in [2.05, 4.69) is 69.9 Å². The Morgan fingerprint density at radius 1 is 0.833 bits per heavy atom. The first kappa shape index (κ1) is 23.4. The van der Waals surface area contributed by atoms with Gasteiger partial charge < -0.3 is 9.80 Å². The van der Waals surface area contributed by atoms with Gasteiger partial charge in [-0.15, -0.1) is 11.3 Å². The summed E-state index contributed by atoms with van der Waals surface area (Å²) in [7, 11) is 0. The number of thiophene rings is 1. The van der Waals surface area contributed by atoms with Crippen molar-refractivity contribution in [2.75, 3.05) is 31.1 Å². The molecule has 4 nitrogen and oxygen atoms in total. The smallest absolute Gasteiger partial charge is 0.141 e. The standard InChI is InChI=1S/C29H24Cl2N4S/c30-22-12-10-20(11-13-22)24-18-36-29-26(24)28(32-19-33-29)35-16-14-34(15-17-35)27(21-6-2-1-3-7-21)23-8-4-5-9-25(23)31/h1-13,18-19,27H,14-17H2/p+1/t27-/m0/s1. The molecule has 0 saturated carbocycles. The monoisotopic (exact) mass is 531 g/mol. The summed E-state index contributed by atoms with van der Waals surface area (Å²) in [5.41, 5.74) is 4.77. The van der Waals surface area contributed by atoms with Gasteiger partial charge in [0.1, 0.15) is 23.0 Å². The molecule has 0 aliphatic carbocycles. The molecule has 0 amide bonds. The number of hydrogen-bond donors (Lipinski definition) is 1. The van der Waals surface area contributed by atoms with Crippen LogP contribution in [-0.4, -0.2) is 36.1 Å². The molecule has 7 heteroatoms. The molecule has 0 bridgehead atoms. The summed E-state index contributed by atoms with van der Waals surface area (Å²) in [5, 5.41) is 4.86. The lowest BCUT2D eigenvalue weighted by molar-refractivity contribution is -0.926. The van der Waals surface area contributed by atoms with E-state index in [1.165, 1.54) is 16.0 Å². The van der Waals surface area contributed by atoms with Crippen molar-refractivity contribution in [2.24, 2.45) is 0 Å². The van der Waals surface area contributed by atoms with Crippen LogP contribution in [0.3, 0.4) is 0 Å².